The van der Waals surface area contributed by atoms with E-state index in [4.69, 9.17) is 16.7 Å². The van der Waals surface area contributed by atoms with E-state index in [1.165, 1.54) is 12.1 Å². The molecule has 0 aliphatic rings. The predicted octanol–water partition coefficient (Wildman–Crippen LogP) is 3.82. The fourth-order valence-corrected chi connectivity index (χ4v) is 2.35. The summed E-state index contributed by atoms with van der Waals surface area (Å²) < 4.78 is 13.0. The van der Waals surface area contributed by atoms with Gasteiger partial charge in [-0.05, 0) is 42.5 Å². The van der Waals surface area contributed by atoms with Crippen LogP contribution in [0.3, 0.4) is 0 Å². The van der Waals surface area contributed by atoms with E-state index in [9.17, 15) is 4.39 Å². The molecule has 2 aromatic carbocycles. The highest BCUT2D eigenvalue weighted by Crippen LogP contribution is 2.25. The average molecular weight is 327 g/mol. The fraction of sp³-hybridized carbons (Fsp3) is 0.111. The highest BCUT2D eigenvalue weighted by atomic mass is 35.5. The maximum Gasteiger partial charge on any atom is 0.161 e. The molecule has 5 heteroatoms. The lowest BCUT2D eigenvalue weighted by Gasteiger charge is -2.05. The van der Waals surface area contributed by atoms with Gasteiger partial charge in [-0.1, -0.05) is 23.4 Å². The number of aliphatic hydroxyl groups is 1. The van der Waals surface area contributed by atoms with Crippen LogP contribution < -0.4 is 0 Å². The standard InChI is InChI=1S/C18H12ClFN2O/c19-17-15-11-12(3-1-2-10-23)4-9-16(15)21-18(22-17)13-5-7-14(20)8-6-13/h4-9,11,23H,2,10H2. The van der Waals surface area contributed by atoms with E-state index < -0.39 is 0 Å². The minimum absolute atomic E-state index is 0.0332. The van der Waals surface area contributed by atoms with Crippen LogP contribution in [0.2, 0.25) is 5.15 Å². The molecule has 23 heavy (non-hydrogen) atoms. The van der Waals surface area contributed by atoms with Crippen molar-refractivity contribution in [3.05, 3.63) is 59.0 Å². The third-order valence-corrected chi connectivity index (χ3v) is 3.51. The molecular weight excluding hydrogens is 315 g/mol. The molecule has 0 amide bonds. The summed E-state index contributed by atoms with van der Waals surface area (Å²) in [6.07, 6.45) is 0.422. The monoisotopic (exact) mass is 326 g/mol. The van der Waals surface area contributed by atoms with E-state index in [0.717, 1.165) is 5.56 Å². The lowest BCUT2D eigenvalue weighted by molar-refractivity contribution is 0.305. The van der Waals surface area contributed by atoms with Crippen LogP contribution in [0.5, 0.6) is 0 Å². The van der Waals surface area contributed by atoms with Crippen molar-refractivity contribution in [2.75, 3.05) is 6.61 Å². The molecule has 0 aliphatic carbocycles. The lowest BCUT2D eigenvalue weighted by Crippen LogP contribution is -1.92. The normalized spacial score (nSPS) is 10.4. The van der Waals surface area contributed by atoms with Crippen LogP contribution >= 0.6 is 11.6 Å². The predicted molar refractivity (Wildman–Crippen MR) is 88.5 cm³/mol. The molecule has 1 heterocycles. The minimum atomic E-state index is -0.313. The summed E-state index contributed by atoms with van der Waals surface area (Å²) in [5.41, 5.74) is 2.17. The Bertz CT molecular complexity index is 914. The molecule has 0 bridgehead atoms. The summed E-state index contributed by atoms with van der Waals surface area (Å²) in [6, 6.07) is 11.4. The second-order valence-electron chi connectivity index (χ2n) is 4.85. The Kier molecular flexibility index (Phi) is 4.52. The molecule has 0 unspecified atom stereocenters. The van der Waals surface area contributed by atoms with Gasteiger partial charge in [-0.2, -0.15) is 0 Å². The Morgan fingerprint density at radius 3 is 2.61 bits per heavy atom. The van der Waals surface area contributed by atoms with Gasteiger partial charge in [0.05, 0.1) is 12.1 Å². The zero-order valence-corrected chi connectivity index (χ0v) is 12.8. The van der Waals surface area contributed by atoms with Crippen LogP contribution in [-0.2, 0) is 0 Å². The number of aromatic nitrogens is 2. The van der Waals surface area contributed by atoms with Gasteiger partial charge in [0.1, 0.15) is 11.0 Å². The van der Waals surface area contributed by atoms with Gasteiger partial charge in [-0.15, -0.1) is 0 Å². The van der Waals surface area contributed by atoms with Crippen molar-refractivity contribution in [2.45, 2.75) is 6.42 Å². The van der Waals surface area contributed by atoms with Gasteiger partial charge in [-0.25, -0.2) is 14.4 Å². The molecule has 1 aromatic heterocycles. The first kappa shape index (κ1) is 15.4. The molecule has 3 aromatic rings. The van der Waals surface area contributed by atoms with E-state index >= 15 is 0 Å². The lowest BCUT2D eigenvalue weighted by atomic mass is 10.1. The number of rotatable bonds is 2. The van der Waals surface area contributed by atoms with Crippen molar-refractivity contribution >= 4 is 22.5 Å². The summed E-state index contributed by atoms with van der Waals surface area (Å²) in [6.45, 7) is 0.0332. The van der Waals surface area contributed by atoms with Gasteiger partial charge >= 0.3 is 0 Å². The summed E-state index contributed by atoms with van der Waals surface area (Å²) >= 11 is 6.26. The molecule has 1 N–H and O–H groups in total. The quantitative estimate of drug-likeness (QED) is 0.575. The maximum atomic E-state index is 13.0. The molecule has 114 valence electrons. The molecule has 0 radical (unpaired) electrons. The summed E-state index contributed by atoms with van der Waals surface area (Å²) in [5.74, 6) is 5.94. The van der Waals surface area contributed by atoms with Gasteiger partial charge in [-0.3, -0.25) is 0 Å². The average Bonchev–Trinajstić information content (AvgIpc) is 2.56. The summed E-state index contributed by atoms with van der Waals surface area (Å²) in [4.78, 5) is 8.75. The fourth-order valence-electron chi connectivity index (χ4n) is 2.12. The van der Waals surface area contributed by atoms with Crippen molar-refractivity contribution in [3.63, 3.8) is 0 Å². The number of hydrogen-bond acceptors (Lipinski definition) is 3. The van der Waals surface area contributed by atoms with Crippen LogP contribution in [0.25, 0.3) is 22.3 Å². The minimum Gasteiger partial charge on any atom is -0.395 e. The zero-order valence-electron chi connectivity index (χ0n) is 12.1. The van der Waals surface area contributed by atoms with Gasteiger partial charge in [0, 0.05) is 22.9 Å². The van der Waals surface area contributed by atoms with Crippen LogP contribution in [0.4, 0.5) is 4.39 Å². The highest BCUT2D eigenvalue weighted by molar-refractivity contribution is 6.34. The van der Waals surface area contributed by atoms with E-state index in [1.807, 2.05) is 18.2 Å². The van der Waals surface area contributed by atoms with Gasteiger partial charge in [0.15, 0.2) is 5.82 Å². The number of aliphatic hydroxyl groups excluding tert-OH is 1. The molecule has 0 atom stereocenters. The van der Waals surface area contributed by atoms with Gasteiger partial charge in [0.25, 0.3) is 0 Å². The maximum absolute atomic E-state index is 13.0. The third kappa shape index (κ3) is 3.48. The summed E-state index contributed by atoms with van der Waals surface area (Å²) in [7, 11) is 0. The molecule has 0 saturated carbocycles. The molecule has 0 aliphatic heterocycles. The van der Waals surface area contributed by atoms with Crippen molar-refractivity contribution < 1.29 is 9.50 Å². The van der Waals surface area contributed by atoms with Crippen molar-refractivity contribution in [1.82, 2.24) is 9.97 Å². The number of fused-ring (bicyclic) bond motifs is 1. The molecule has 0 spiro atoms. The Morgan fingerprint density at radius 2 is 1.87 bits per heavy atom. The second-order valence-corrected chi connectivity index (χ2v) is 5.21. The van der Waals surface area contributed by atoms with Crippen molar-refractivity contribution in [1.29, 1.82) is 0 Å². The Balaban J connectivity index is 2.04. The van der Waals surface area contributed by atoms with E-state index in [1.54, 1.807) is 12.1 Å². The Morgan fingerprint density at radius 1 is 1.09 bits per heavy atom. The second kappa shape index (κ2) is 6.74. The van der Waals surface area contributed by atoms with E-state index in [0.29, 0.717) is 33.9 Å². The number of halogens is 2. The Hall–Kier alpha value is -2.48. The van der Waals surface area contributed by atoms with Gasteiger partial charge < -0.3 is 5.11 Å². The molecule has 0 saturated heterocycles. The topological polar surface area (TPSA) is 46.0 Å². The molecule has 0 fully saturated rings. The zero-order chi connectivity index (χ0) is 16.2. The first-order valence-electron chi connectivity index (χ1n) is 7.00. The van der Waals surface area contributed by atoms with Crippen LogP contribution in [0, 0.1) is 17.7 Å². The van der Waals surface area contributed by atoms with Gasteiger partial charge in [0.2, 0.25) is 0 Å². The number of nitrogens with zero attached hydrogens (tertiary/aromatic N) is 2. The SMILES string of the molecule is OCCC#Cc1ccc2nc(-c3ccc(F)cc3)nc(Cl)c2c1. The first-order chi connectivity index (χ1) is 11.2. The third-order valence-electron chi connectivity index (χ3n) is 3.22. The molecular formula is C18H12ClFN2O. The van der Waals surface area contributed by atoms with Crippen LogP contribution in [0.15, 0.2) is 42.5 Å². The largest absolute Gasteiger partial charge is 0.395 e. The first-order valence-corrected chi connectivity index (χ1v) is 7.38. The smallest absolute Gasteiger partial charge is 0.161 e. The number of hydrogen-bond donors (Lipinski definition) is 1. The van der Waals surface area contributed by atoms with Crippen LogP contribution in [0.1, 0.15) is 12.0 Å². The Labute approximate surface area is 137 Å². The highest BCUT2D eigenvalue weighted by Gasteiger charge is 2.08. The summed E-state index contributed by atoms with van der Waals surface area (Å²) in [5, 5.41) is 9.77. The van der Waals surface area contributed by atoms with E-state index in [2.05, 4.69) is 21.8 Å². The van der Waals surface area contributed by atoms with E-state index in [-0.39, 0.29) is 12.4 Å². The van der Waals surface area contributed by atoms with Crippen LogP contribution in [-0.4, -0.2) is 21.7 Å². The molecule has 3 nitrogen and oxygen atoms in total. The van der Waals surface area contributed by atoms with Crippen molar-refractivity contribution in [3.8, 4) is 23.2 Å². The molecule has 3 rings (SSSR count). The van der Waals surface area contributed by atoms with Crippen molar-refractivity contribution in [2.24, 2.45) is 0 Å². The number of benzene rings is 2.